The van der Waals surface area contributed by atoms with Gasteiger partial charge in [0.1, 0.15) is 6.61 Å². The molecule has 2 aromatic carbocycles. The van der Waals surface area contributed by atoms with E-state index in [1.807, 2.05) is 25.2 Å². The lowest BCUT2D eigenvalue weighted by Gasteiger charge is -2.14. The van der Waals surface area contributed by atoms with Crippen LogP contribution in [0.4, 0.5) is 0 Å². The Kier molecular flexibility index (Phi) is 8.51. The zero-order valence-corrected chi connectivity index (χ0v) is 16.6. The Bertz CT molecular complexity index is 668. The Morgan fingerprint density at radius 1 is 1.09 bits per heavy atom. The molecular weight excluding hydrogens is 424 g/mol. The van der Waals surface area contributed by atoms with Gasteiger partial charge in [-0.3, -0.25) is 0 Å². The predicted molar refractivity (Wildman–Crippen MR) is 101 cm³/mol. The number of benzene rings is 2. The normalized spacial score (nSPS) is 10.1. The molecule has 0 aromatic heterocycles. The van der Waals surface area contributed by atoms with Crippen LogP contribution in [0.5, 0.6) is 11.5 Å². The van der Waals surface area contributed by atoms with Crippen molar-refractivity contribution in [2.45, 2.75) is 13.2 Å². The molecule has 2 rings (SSSR count). The van der Waals surface area contributed by atoms with Gasteiger partial charge in [0.25, 0.3) is 0 Å². The monoisotopic (exact) mass is 439 g/mol. The van der Waals surface area contributed by atoms with Crippen molar-refractivity contribution >= 4 is 51.5 Å². The fourth-order valence-corrected chi connectivity index (χ4v) is 2.93. The molecule has 0 radical (unpaired) electrons. The van der Waals surface area contributed by atoms with Gasteiger partial charge in [-0.2, -0.15) is 0 Å². The van der Waals surface area contributed by atoms with E-state index in [9.17, 15) is 0 Å². The third-order valence-corrected chi connectivity index (χ3v) is 4.37. The Labute approximate surface area is 160 Å². The van der Waals surface area contributed by atoms with E-state index >= 15 is 0 Å². The van der Waals surface area contributed by atoms with E-state index in [2.05, 4.69) is 21.2 Å². The Morgan fingerprint density at radius 3 is 2.43 bits per heavy atom. The van der Waals surface area contributed by atoms with Crippen molar-refractivity contribution in [2.24, 2.45) is 0 Å². The van der Waals surface area contributed by atoms with Gasteiger partial charge in [-0.15, -0.1) is 12.4 Å². The molecule has 0 unspecified atom stereocenters. The van der Waals surface area contributed by atoms with Crippen LogP contribution >= 0.6 is 51.5 Å². The molecule has 0 spiro atoms. The highest BCUT2D eigenvalue weighted by atomic mass is 79.9. The smallest absolute Gasteiger partial charge is 0.175 e. The molecule has 0 aliphatic heterocycles. The van der Waals surface area contributed by atoms with Crippen molar-refractivity contribution in [1.29, 1.82) is 0 Å². The number of halogens is 4. The minimum absolute atomic E-state index is 0. The summed E-state index contributed by atoms with van der Waals surface area (Å²) in [5, 5.41) is 4.15. The van der Waals surface area contributed by atoms with Gasteiger partial charge in [0.2, 0.25) is 0 Å². The van der Waals surface area contributed by atoms with E-state index in [1.165, 1.54) is 0 Å². The molecule has 3 nitrogen and oxygen atoms in total. The van der Waals surface area contributed by atoms with Crippen LogP contribution in [0, 0.1) is 0 Å². The molecule has 0 aliphatic carbocycles. The minimum atomic E-state index is 0. The van der Waals surface area contributed by atoms with Crippen molar-refractivity contribution in [2.75, 3.05) is 14.2 Å². The minimum Gasteiger partial charge on any atom is -0.493 e. The fourth-order valence-electron chi connectivity index (χ4n) is 2.00. The van der Waals surface area contributed by atoms with E-state index in [0.29, 0.717) is 28.2 Å². The molecule has 0 saturated carbocycles. The number of hydrogen-bond acceptors (Lipinski definition) is 3. The first kappa shape index (κ1) is 20.4. The standard InChI is InChI=1S/C16H16BrCl2NO2.ClH/c1-20-8-11-5-12(17)16(15(7-11)21-2)22-9-10-3-4-13(18)14(19)6-10;/h3-7,20H,8-9H2,1-2H3;1H. The molecule has 0 saturated heterocycles. The molecule has 7 heteroatoms. The number of ether oxygens (including phenoxy) is 2. The number of rotatable bonds is 6. The summed E-state index contributed by atoms with van der Waals surface area (Å²) in [6.07, 6.45) is 0. The Morgan fingerprint density at radius 2 is 1.83 bits per heavy atom. The van der Waals surface area contributed by atoms with E-state index < -0.39 is 0 Å². The highest BCUT2D eigenvalue weighted by molar-refractivity contribution is 9.10. The van der Waals surface area contributed by atoms with Crippen molar-refractivity contribution in [3.63, 3.8) is 0 Å². The Balaban J connectivity index is 0.00000264. The van der Waals surface area contributed by atoms with Crippen LogP contribution in [0.1, 0.15) is 11.1 Å². The summed E-state index contributed by atoms with van der Waals surface area (Å²) in [6.45, 7) is 1.12. The molecule has 0 bridgehead atoms. The average molecular weight is 442 g/mol. The number of hydrogen-bond donors (Lipinski definition) is 1. The van der Waals surface area contributed by atoms with Gasteiger partial charge in [-0.05, 0) is 58.4 Å². The largest absolute Gasteiger partial charge is 0.493 e. The van der Waals surface area contributed by atoms with Crippen molar-refractivity contribution in [1.82, 2.24) is 5.32 Å². The van der Waals surface area contributed by atoms with Crippen LogP contribution in [0.3, 0.4) is 0 Å². The van der Waals surface area contributed by atoms with Gasteiger partial charge < -0.3 is 14.8 Å². The SMILES string of the molecule is CNCc1cc(Br)c(OCc2ccc(Cl)c(Cl)c2)c(OC)c1.Cl. The van der Waals surface area contributed by atoms with Crippen molar-refractivity contribution in [3.8, 4) is 11.5 Å². The van der Waals surface area contributed by atoms with Crippen molar-refractivity contribution < 1.29 is 9.47 Å². The van der Waals surface area contributed by atoms with Gasteiger partial charge in [0, 0.05) is 6.54 Å². The van der Waals surface area contributed by atoms with E-state index in [0.717, 1.165) is 22.1 Å². The summed E-state index contributed by atoms with van der Waals surface area (Å²) in [4.78, 5) is 0. The summed E-state index contributed by atoms with van der Waals surface area (Å²) in [6, 6.07) is 9.38. The lowest BCUT2D eigenvalue weighted by atomic mass is 10.2. The van der Waals surface area contributed by atoms with Gasteiger partial charge in [0.05, 0.1) is 21.6 Å². The topological polar surface area (TPSA) is 30.5 Å². The van der Waals surface area contributed by atoms with Crippen LogP contribution in [0.25, 0.3) is 0 Å². The molecular formula is C16H17BrCl3NO2. The first-order valence-corrected chi connectivity index (χ1v) is 8.17. The van der Waals surface area contributed by atoms with Crippen molar-refractivity contribution in [3.05, 3.63) is 56.0 Å². The number of nitrogens with one attached hydrogen (secondary N) is 1. The average Bonchev–Trinajstić information content (AvgIpc) is 2.49. The molecule has 1 N–H and O–H groups in total. The van der Waals surface area contributed by atoms with Crippen LogP contribution in [-0.2, 0) is 13.2 Å². The van der Waals surface area contributed by atoms with E-state index in [4.69, 9.17) is 32.7 Å². The molecule has 0 amide bonds. The van der Waals surface area contributed by atoms with E-state index in [-0.39, 0.29) is 12.4 Å². The maximum atomic E-state index is 6.01. The maximum absolute atomic E-state index is 6.01. The van der Waals surface area contributed by atoms with Gasteiger partial charge in [-0.25, -0.2) is 0 Å². The summed E-state index contributed by atoms with van der Waals surface area (Å²) < 4.78 is 12.1. The lowest BCUT2D eigenvalue weighted by Crippen LogP contribution is -2.06. The molecule has 0 aliphatic rings. The molecule has 126 valence electrons. The highest BCUT2D eigenvalue weighted by Crippen LogP contribution is 2.37. The quantitative estimate of drug-likeness (QED) is 0.644. The van der Waals surface area contributed by atoms with Gasteiger partial charge in [-0.1, -0.05) is 29.3 Å². The first-order chi connectivity index (χ1) is 10.5. The maximum Gasteiger partial charge on any atom is 0.175 e. The van der Waals surface area contributed by atoms with Crippen LogP contribution in [0.2, 0.25) is 10.0 Å². The van der Waals surface area contributed by atoms with Gasteiger partial charge >= 0.3 is 0 Å². The lowest BCUT2D eigenvalue weighted by molar-refractivity contribution is 0.282. The number of methoxy groups -OCH3 is 1. The zero-order valence-electron chi connectivity index (χ0n) is 12.7. The first-order valence-electron chi connectivity index (χ1n) is 6.63. The third kappa shape index (κ3) is 5.44. The second-order valence-electron chi connectivity index (χ2n) is 4.68. The molecule has 0 atom stereocenters. The highest BCUT2D eigenvalue weighted by Gasteiger charge is 2.12. The summed E-state index contributed by atoms with van der Waals surface area (Å²) in [5.74, 6) is 1.34. The second-order valence-corrected chi connectivity index (χ2v) is 6.35. The summed E-state index contributed by atoms with van der Waals surface area (Å²) in [5.41, 5.74) is 2.04. The molecule has 0 heterocycles. The van der Waals surface area contributed by atoms with E-state index in [1.54, 1.807) is 19.2 Å². The van der Waals surface area contributed by atoms with Crippen LogP contribution in [0.15, 0.2) is 34.8 Å². The van der Waals surface area contributed by atoms with Crippen LogP contribution < -0.4 is 14.8 Å². The fraction of sp³-hybridized carbons (Fsp3) is 0.250. The third-order valence-electron chi connectivity index (χ3n) is 3.04. The molecule has 23 heavy (non-hydrogen) atoms. The predicted octanol–water partition coefficient (Wildman–Crippen LogP) is 5.48. The molecule has 2 aromatic rings. The second kappa shape index (κ2) is 9.60. The zero-order chi connectivity index (χ0) is 16.1. The van der Waals surface area contributed by atoms with Gasteiger partial charge in [0.15, 0.2) is 11.5 Å². The Hall–Kier alpha value is -0.650. The summed E-state index contributed by atoms with van der Waals surface area (Å²) >= 11 is 15.5. The van der Waals surface area contributed by atoms with Crippen LogP contribution in [-0.4, -0.2) is 14.2 Å². The molecule has 0 fully saturated rings. The summed E-state index contributed by atoms with van der Waals surface area (Å²) in [7, 11) is 3.52.